The fourth-order valence-electron chi connectivity index (χ4n) is 1.58. The molecule has 0 saturated heterocycles. The Balaban J connectivity index is 0.000000169. The van der Waals surface area contributed by atoms with Crippen molar-refractivity contribution in [2.45, 2.75) is 25.4 Å². The van der Waals surface area contributed by atoms with Gasteiger partial charge in [0.05, 0.1) is 16.3 Å². The summed E-state index contributed by atoms with van der Waals surface area (Å²) in [5, 5.41) is 0.371. The molecule has 4 nitrogen and oxygen atoms in total. The van der Waals surface area contributed by atoms with Gasteiger partial charge in [-0.25, -0.2) is 4.98 Å². The highest BCUT2D eigenvalue weighted by molar-refractivity contribution is 7.20. The molecule has 3 rings (SSSR count). The molecule has 5 heteroatoms. The lowest BCUT2D eigenvalue weighted by Crippen LogP contribution is -2.18. The maximum Gasteiger partial charge on any atom is 0.277 e. The molecule has 1 saturated carbocycles. The molecule has 1 aliphatic carbocycles. The van der Waals surface area contributed by atoms with E-state index < -0.39 is 5.91 Å². The zero-order chi connectivity index (χ0) is 13.0. The molecule has 1 aliphatic rings. The molecule has 2 aromatic rings. The Hall–Kier alpha value is -1.46. The quantitative estimate of drug-likeness (QED) is 0.906. The predicted octanol–water partition coefficient (Wildman–Crippen LogP) is 2.58. The summed E-state index contributed by atoms with van der Waals surface area (Å²) < 4.78 is 5.98. The number of thiazole rings is 1. The molecule has 1 amide bonds. The number of rotatable bonds is 2. The molecule has 1 fully saturated rings. The largest absolute Gasteiger partial charge is 0.381 e. The third kappa shape index (κ3) is 3.05. The molecule has 0 unspecified atom stereocenters. The van der Waals surface area contributed by atoms with E-state index in [9.17, 15) is 4.79 Å². The van der Waals surface area contributed by atoms with E-state index in [1.54, 1.807) is 7.11 Å². The van der Waals surface area contributed by atoms with E-state index in [1.165, 1.54) is 30.6 Å². The van der Waals surface area contributed by atoms with Gasteiger partial charge in [0.1, 0.15) is 0 Å². The van der Waals surface area contributed by atoms with E-state index in [1.807, 2.05) is 24.3 Å². The Bertz CT molecular complexity index is 499. The van der Waals surface area contributed by atoms with Crippen LogP contribution in [0.2, 0.25) is 0 Å². The standard InChI is InChI=1S/C8H6N2OS.C5H10O/c9-7(11)8-10-5-3-1-2-4-6(5)12-8;1-6-5-3-2-4-5/h1-4H,(H2,9,11);5H,2-4H2,1H3. The first-order valence-corrected chi connectivity index (χ1v) is 6.70. The highest BCUT2D eigenvalue weighted by Crippen LogP contribution is 2.21. The minimum absolute atomic E-state index is 0.371. The van der Waals surface area contributed by atoms with E-state index in [0.717, 1.165) is 10.2 Å². The van der Waals surface area contributed by atoms with Gasteiger partial charge in [0.25, 0.3) is 5.91 Å². The van der Waals surface area contributed by atoms with Crippen molar-refractivity contribution in [3.8, 4) is 0 Å². The summed E-state index contributed by atoms with van der Waals surface area (Å²) in [5.74, 6) is -0.462. The number of benzene rings is 1. The van der Waals surface area contributed by atoms with E-state index in [2.05, 4.69) is 4.98 Å². The SMILES string of the molecule is COC1CCC1.NC(=O)c1nc2ccccc2s1. The van der Waals surface area contributed by atoms with Crippen molar-refractivity contribution in [3.63, 3.8) is 0 Å². The summed E-state index contributed by atoms with van der Waals surface area (Å²) in [7, 11) is 1.78. The summed E-state index contributed by atoms with van der Waals surface area (Å²) in [4.78, 5) is 14.8. The van der Waals surface area contributed by atoms with Crippen LogP contribution in [0.25, 0.3) is 10.2 Å². The van der Waals surface area contributed by atoms with Crippen LogP contribution in [0.4, 0.5) is 0 Å². The summed E-state index contributed by atoms with van der Waals surface area (Å²) in [6.07, 6.45) is 4.57. The summed E-state index contributed by atoms with van der Waals surface area (Å²) in [6.45, 7) is 0. The van der Waals surface area contributed by atoms with Crippen molar-refractivity contribution < 1.29 is 9.53 Å². The summed E-state index contributed by atoms with van der Waals surface area (Å²) in [5.41, 5.74) is 5.92. The predicted molar refractivity (Wildman–Crippen MR) is 72.8 cm³/mol. The molecule has 1 aromatic carbocycles. The van der Waals surface area contributed by atoms with E-state index in [0.29, 0.717) is 11.1 Å². The first-order chi connectivity index (χ1) is 8.70. The second kappa shape index (κ2) is 5.93. The van der Waals surface area contributed by atoms with Crippen LogP contribution in [-0.2, 0) is 4.74 Å². The number of carbonyl (C=O) groups excluding carboxylic acids is 1. The third-order valence-electron chi connectivity index (χ3n) is 2.89. The molecule has 0 aliphatic heterocycles. The fourth-order valence-corrected chi connectivity index (χ4v) is 2.40. The molecule has 0 atom stereocenters. The number of carbonyl (C=O) groups is 1. The molecular weight excluding hydrogens is 248 g/mol. The molecule has 1 heterocycles. The number of nitrogens with two attached hydrogens (primary N) is 1. The minimum Gasteiger partial charge on any atom is -0.381 e. The lowest BCUT2D eigenvalue weighted by atomic mass is 9.96. The Morgan fingerprint density at radius 3 is 2.61 bits per heavy atom. The van der Waals surface area contributed by atoms with Gasteiger partial charge in [-0.2, -0.15) is 0 Å². The van der Waals surface area contributed by atoms with Gasteiger partial charge in [-0.3, -0.25) is 4.79 Å². The van der Waals surface area contributed by atoms with Crippen molar-refractivity contribution in [1.82, 2.24) is 4.98 Å². The van der Waals surface area contributed by atoms with Gasteiger partial charge < -0.3 is 10.5 Å². The first kappa shape index (κ1) is 13.0. The van der Waals surface area contributed by atoms with Crippen LogP contribution in [0.15, 0.2) is 24.3 Å². The topological polar surface area (TPSA) is 65.2 Å². The van der Waals surface area contributed by atoms with Crippen LogP contribution >= 0.6 is 11.3 Å². The fraction of sp³-hybridized carbons (Fsp3) is 0.385. The summed E-state index contributed by atoms with van der Waals surface area (Å²) >= 11 is 1.32. The van der Waals surface area contributed by atoms with Crippen LogP contribution in [0.1, 0.15) is 29.1 Å². The van der Waals surface area contributed by atoms with Crippen LogP contribution in [0.3, 0.4) is 0 Å². The lowest BCUT2D eigenvalue weighted by molar-refractivity contribution is 0.0412. The summed E-state index contributed by atoms with van der Waals surface area (Å²) in [6, 6.07) is 7.57. The van der Waals surface area contributed by atoms with Crippen LogP contribution in [-0.4, -0.2) is 24.1 Å². The molecule has 1 aromatic heterocycles. The Kier molecular flexibility index (Phi) is 4.28. The molecule has 18 heavy (non-hydrogen) atoms. The Labute approximate surface area is 110 Å². The second-order valence-corrected chi connectivity index (χ2v) is 5.17. The molecular formula is C13H16N2O2S. The number of nitrogens with zero attached hydrogens (tertiary/aromatic N) is 1. The van der Waals surface area contributed by atoms with Crippen molar-refractivity contribution >= 4 is 27.5 Å². The Morgan fingerprint density at radius 1 is 1.44 bits per heavy atom. The van der Waals surface area contributed by atoms with Gasteiger partial charge in [0.2, 0.25) is 0 Å². The normalized spacial score (nSPS) is 14.7. The van der Waals surface area contributed by atoms with Crippen LogP contribution in [0.5, 0.6) is 0 Å². The van der Waals surface area contributed by atoms with Crippen molar-refractivity contribution in [2.24, 2.45) is 5.73 Å². The number of ether oxygens (including phenoxy) is 1. The first-order valence-electron chi connectivity index (χ1n) is 5.89. The number of amides is 1. The smallest absolute Gasteiger partial charge is 0.277 e. The van der Waals surface area contributed by atoms with E-state index in [4.69, 9.17) is 10.5 Å². The van der Waals surface area contributed by atoms with Crippen molar-refractivity contribution in [1.29, 1.82) is 0 Å². The third-order valence-corrected chi connectivity index (χ3v) is 3.94. The van der Waals surface area contributed by atoms with Crippen molar-refractivity contribution in [3.05, 3.63) is 29.3 Å². The van der Waals surface area contributed by atoms with Crippen LogP contribution < -0.4 is 5.73 Å². The maximum atomic E-state index is 10.7. The zero-order valence-electron chi connectivity index (χ0n) is 10.3. The van der Waals surface area contributed by atoms with Gasteiger partial charge in [-0.15, -0.1) is 11.3 Å². The van der Waals surface area contributed by atoms with Crippen LogP contribution in [0, 0.1) is 0 Å². The number of hydrogen-bond acceptors (Lipinski definition) is 4. The zero-order valence-corrected chi connectivity index (χ0v) is 11.1. The van der Waals surface area contributed by atoms with E-state index >= 15 is 0 Å². The monoisotopic (exact) mass is 264 g/mol. The second-order valence-electron chi connectivity index (χ2n) is 4.14. The molecule has 0 radical (unpaired) electrons. The van der Waals surface area contributed by atoms with Gasteiger partial charge in [0.15, 0.2) is 5.01 Å². The number of methoxy groups -OCH3 is 1. The molecule has 0 bridgehead atoms. The molecule has 0 spiro atoms. The van der Waals surface area contributed by atoms with E-state index in [-0.39, 0.29) is 0 Å². The van der Waals surface area contributed by atoms with Crippen molar-refractivity contribution in [2.75, 3.05) is 7.11 Å². The number of hydrogen-bond donors (Lipinski definition) is 1. The van der Waals surface area contributed by atoms with Gasteiger partial charge >= 0.3 is 0 Å². The number of para-hydroxylation sites is 1. The average Bonchev–Trinajstić information content (AvgIpc) is 2.72. The number of primary amides is 1. The molecule has 96 valence electrons. The number of fused-ring (bicyclic) bond motifs is 1. The van der Waals surface area contributed by atoms with Gasteiger partial charge in [-0.05, 0) is 31.4 Å². The lowest BCUT2D eigenvalue weighted by Gasteiger charge is -2.22. The van der Waals surface area contributed by atoms with Gasteiger partial charge in [0, 0.05) is 7.11 Å². The highest BCUT2D eigenvalue weighted by Gasteiger charge is 2.14. The Morgan fingerprint density at radius 2 is 2.17 bits per heavy atom. The highest BCUT2D eigenvalue weighted by atomic mass is 32.1. The average molecular weight is 264 g/mol. The van der Waals surface area contributed by atoms with Gasteiger partial charge in [-0.1, -0.05) is 12.1 Å². The molecule has 2 N–H and O–H groups in total. The number of aromatic nitrogens is 1. The maximum absolute atomic E-state index is 10.7. The minimum atomic E-state index is -0.462.